The third-order valence-electron chi connectivity index (χ3n) is 5.99. The molecule has 0 N–H and O–H groups in total. The highest BCUT2D eigenvalue weighted by Crippen LogP contribution is 2.12. The molecule has 184 valence electrons. The van der Waals surface area contributed by atoms with Crippen LogP contribution in [-0.4, -0.2) is 59.5 Å². The molecular weight excluding hydrogens is 402 g/mol. The molecule has 0 aliphatic heterocycles. The first-order chi connectivity index (χ1) is 15.5. The van der Waals surface area contributed by atoms with E-state index in [4.69, 9.17) is 4.74 Å². The number of carbonyl (C=O) groups excluding carboxylic acids is 2. The lowest BCUT2D eigenvalue weighted by Crippen LogP contribution is -2.44. The molecule has 0 bridgehead atoms. The number of hydrogen-bond donors (Lipinski definition) is 0. The van der Waals surface area contributed by atoms with Crippen LogP contribution in [0.3, 0.4) is 0 Å². The lowest BCUT2D eigenvalue weighted by Gasteiger charge is -2.27. The molecule has 6 nitrogen and oxygen atoms in total. The number of aryl methyl sites for hydroxylation is 1. The van der Waals surface area contributed by atoms with Gasteiger partial charge in [-0.15, -0.1) is 0 Å². The van der Waals surface area contributed by atoms with Crippen molar-refractivity contribution in [3.63, 3.8) is 0 Å². The summed E-state index contributed by atoms with van der Waals surface area (Å²) in [4.78, 5) is 29.4. The molecule has 0 aliphatic carbocycles. The fraction of sp³-hybridized carbons (Fsp3) is 0.769. The summed E-state index contributed by atoms with van der Waals surface area (Å²) in [5.74, 6) is 0.0887. The fourth-order valence-electron chi connectivity index (χ4n) is 3.92. The summed E-state index contributed by atoms with van der Waals surface area (Å²) >= 11 is 0. The van der Waals surface area contributed by atoms with Gasteiger partial charge in [-0.1, -0.05) is 65.2 Å². The molecule has 1 aromatic heterocycles. The van der Waals surface area contributed by atoms with E-state index in [1.54, 1.807) is 16.9 Å². The van der Waals surface area contributed by atoms with Crippen molar-refractivity contribution in [1.29, 1.82) is 0 Å². The maximum Gasteiger partial charge on any atom is 0.242 e. The first-order valence-corrected chi connectivity index (χ1v) is 12.7. The lowest BCUT2D eigenvalue weighted by molar-refractivity contribution is -0.141. The van der Waals surface area contributed by atoms with Crippen LogP contribution in [0.1, 0.15) is 90.2 Å². The van der Waals surface area contributed by atoms with Crippen LogP contribution in [-0.2, 0) is 27.9 Å². The number of aromatic nitrogens is 1. The summed E-state index contributed by atoms with van der Waals surface area (Å²) in [6.07, 6.45) is 14.5. The number of amides is 2. The van der Waals surface area contributed by atoms with Gasteiger partial charge in [-0.3, -0.25) is 9.59 Å². The molecule has 0 atom stereocenters. The van der Waals surface area contributed by atoms with Gasteiger partial charge in [-0.25, -0.2) is 0 Å². The Morgan fingerprint density at radius 1 is 0.875 bits per heavy atom. The maximum atomic E-state index is 13.1. The van der Waals surface area contributed by atoms with E-state index in [0.717, 1.165) is 25.0 Å². The highest BCUT2D eigenvalue weighted by molar-refractivity contribution is 5.84. The molecule has 1 heterocycles. The van der Waals surface area contributed by atoms with Gasteiger partial charge in [0.2, 0.25) is 11.8 Å². The van der Waals surface area contributed by atoms with Gasteiger partial charge >= 0.3 is 0 Å². The monoisotopic (exact) mass is 449 g/mol. The van der Waals surface area contributed by atoms with Gasteiger partial charge < -0.3 is 19.1 Å². The largest absolute Gasteiger partial charge is 0.383 e. The zero-order chi connectivity index (χ0) is 23.6. The third-order valence-corrected chi connectivity index (χ3v) is 5.99. The molecule has 0 aliphatic rings. The molecule has 32 heavy (non-hydrogen) atoms. The molecule has 0 saturated heterocycles. The Morgan fingerprint density at radius 3 is 2.09 bits per heavy atom. The third kappa shape index (κ3) is 11.7. The van der Waals surface area contributed by atoms with Crippen molar-refractivity contribution in [1.82, 2.24) is 14.4 Å². The highest BCUT2D eigenvalue weighted by atomic mass is 16.5. The molecule has 0 fully saturated rings. The van der Waals surface area contributed by atoms with E-state index >= 15 is 0 Å². The van der Waals surface area contributed by atoms with Crippen LogP contribution in [0.4, 0.5) is 0 Å². The zero-order valence-electron chi connectivity index (χ0n) is 21.1. The summed E-state index contributed by atoms with van der Waals surface area (Å²) in [6.45, 7) is 6.60. The van der Waals surface area contributed by atoms with Crippen LogP contribution >= 0.6 is 0 Å². The number of carbonyl (C=O) groups is 2. The van der Waals surface area contributed by atoms with Crippen molar-refractivity contribution < 1.29 is 14.3 Å². The molecular formula is C26H47N3O3. The number of unbranched alkanes of at least 4 members (excludes halogenated alkanes) is 8. The lowest BCUT2D eigenvalue weighted by atomic mass is 10.1. The molecule has 2 amide bonds. The Bertz CT molecular complexity index is 630. The Morgan fingerprint density at radius 2 is 1.53 bits per heavy atom. The minimum atomic E-state index is -0.0165. The quantitative estimate of drug-likeness (QED) is 0.274. The second kappa shape index (κ2) is 17.7. The number of rotatable bonds is 19. The molecule has 0 radical (unpaired) electrons. The minimum Gasteiger partial charge on any atom is -0.383 e. The second-order valence-electron chi connectivity index (χ2n) is 8.81. The average Bonchev–Trinajstić information content (AvgIpc) is 3.19. The Hall–Kier alpha value is -1.82. The van der Waals surface area contributed by atoms with E-state index < -0.39 is 0 Å². The van der Waals surface area contributed by atoms with Crippen molar-refractivity contribution in [2.75, 3.05) is 33.4 Å². The van der Waals surface area contributed by atoms with Crippen LogP contribution in [0.15, 0.2) is 18.3 Å². The van der Waals surface area contributed by atoms with Crippen molar-refractivity contribution >= 4 is 11.8 Å². The van der Waals surface area contributed by atoms with Gasteiger partial charge in [-0.2, -0.15) is 0 Å². The predicted octanol–water partition coefficient (Wildman–Crippen LogP) is 5.16. The van der Waals surface area contributed by atoms with E-state index in [0.29, 0.717) is 32.7 Å². The fourth-order valence-corrected chi connectivity index (χ4v) is 3.92. The van der Waals surface area contributed by atoms with Crippen LogP contribution in [0.5, 0.6) is 0 Å². The van der Waals surface area contributed by atoms with Crippen LogP contribution in [0.25, 0.3) is 0 Å². The Labute approximate surface area is 196 Å². The maximum absolute atomic E-state index is 13.1. The predicted molar refractivity (Wildman–Crippen MR) is 131 cm³/mol. The zero-order valence-corrected chi connectivity index (χ0v) is 21.1. The molecule has 1 rings (SSSR count). The Balaban J connectivity index is 2.47. The van der Waals surface area contributed by atoms with Gasteiger partial charge in [0.25, 0.3) is 0 Å². The van der Waals surface area contributed by atoms with E-state index in [2.05, 4.69) is 13.8 Å². The van der Waals surface area contributed by atoms with Crippen LogP contribution in [0, 0.1) is 0 Å². The van der Waals surface area contributed by atoms with E-state index in [1.807, 2.05) is 29.9 Å². The summed E-state index contributed by atoms with van der Waals surface area (Å²) in [5.41, 5.74) is 1.07. The minimum absolute atomic E-state index is 0.0165. The van der Waals surface area contributed by atoms with Gasteiger partial charge in [0.15, 0.2) is 0 Å². The summed E-state index contributed by atoms with van der Waals surface area (Å²) in [5, 5.41) is 0. The first kappa shape index (κ1) is 28.2. The van der Waals surface area contributed by atoms with Crippen LogP contribution < -0.4 is 0 Å². The summed E-state index contributed by atoms with van der Waals surface area (Å²) < 4.78 is 7.22. The number of nitrogens with zero attached hydrogens (tertiary/aromatic N) is 3. The van der Waals surface area contributed by atoms with Gasteiger partial charge in [0.05, 0.1) is 19.7 Å². The first-order valence-electron chi connectivity index (χ1n) is 12.7. The summed E-state index contributed by atoms with van der Waals surface area (Å²) in [7, 11) is 3.62. The van der Waals surface area contributed by atoms with E-state index in [9.17, 15) is 9.59 Å². The SMILES string of the molecule is CCCCCCCCCCCC(=O)N(CCC)CC(=O)N(CCOC)Cc1cccn1C. The highest BCUT2D eigenvalue weighted by Gasteiger charge is 2.21. The molecule has 0 aromatic carbocycles. The van der Waals surface area contributed by atoms with Crippen molar-refractivity contribution in [3.05, 3.63) is 24.0 Å². The smallest absolute Gasteiger partial charge is 0.242 e. The number of hydrogen-bond acceptors (Lipinski definition) is 3. The Kier molecular flexibility index (Phi) is 15.6. The molecule has 1 aromatic rings. The molecule has 6 heteroatoms. The van der Waals surface area contributed by atoms with Crippen molar-refractivity contribution in [3.8, 4) is 0 Å². The van der Waals surface area contributed by atoms with Gasteiger partial charge in [0.1, 0.15) is 0 Å². The van der Waals surface area contributed by atoms with Gasteiger partial charge in [-0.05, 0) is 25.0 Å². The van der Waals surface area contributed by atoms with E-state index in [-0.39, 0.29) is 18.4 Å². The number of methoxy groups -OCH3 is 1. The summed E-state index contributed by atoms with van der Waals surface area (Å²) in [6, 6.07) is 4.00. The number of ether oxygens (including phenoxy) is 1. The van der Waals surface area contributed by atoms with E-state index in [1.165, 1.54) is 44.9 Å². The molecule has 0 saturated carbocycles. The van der Waals surface area contributed by atoms with Crippen LogP contribution in [0.2, 0.25) is 0 Å². The topological polar surface area (TPSA) is 54.8 Å². The standard InChI is InChI=1S/C26H47N3O3/c1-5-7-8-9-10-11-12-13-14-17-25(30)28(18-6-2)23-26(31)29(20-21-32-4)22-24-16-15-19-27(24)3/h15-16,19H,5-14,17-18,20-23H2,1-4H3. The molecule has 0 unspecified atom stereocenters. The average molecular weight is 450 g/mol. The second-order valence-corrected chi connectivity index (χ2v) is 8.81. The van der Waals surface area contributed by atoms with Crippen molar-refractivity contribution in [2.24, 2.45) is 7.05 Å². The normalized spacial score (nSPS) is 11.0. The molecule has 0 spiro atoms. The van der Waals surface area contributed by atoms with Gasteiger partial charge in [0, 0.05) is 45.6 Å². The van der Waals surface area contributed by atoms with Crippen molar-refractivity contribution in [2.45, 2.75) is 91.0 Å².